The average Bonchev–Trinajstić information content (AvgIpc) is 3.48. The van der Waals surface area contributed by atoms with E-state index >= 15 is 0 Å². The molecule has 1 aliphatic heterocycles. The molecule has 1 amide bonds. The molecule has 1 aromatic carbocycles. The molecule has 8 nitrogen and oxygen atoms in total. The van der Waals surface area contributed by atoms with Crippen LogP contribution in [0.15, 0.2) is 54.3 Å². The number of H-pyrrole nitrogens is 1. The fourth-order valence-corrected chi connectivity index (χ4v) is 4.95. The molecule has 1 atom stereocenters. The number of hydrogen-bond acceptors (Lipinski definition) is 6. The first-order valence-electron chi connectivity index (χ1n) is 10.3. The minimum Gasteiger partial charge on any atom is -0.503 e. The number of thiazole rings is 1. The predicted molar refractivity (Wildman–Crippen MR) is 119 cm³/mol. The van der Waals surface area contributed by atoms with Crippen molar-refractivity contribution in [2.24, 2.45) is 0 Å². The number of rotatable bonds is 8. The maximum absolute atomic E-state index is 13.6. The van der Waals surface area contributed by atoms with Gasteiger partial charge in [0.25, 0.3) is 5.91 Å². The number of aromatic amines is 1. The van der Waals surface area contributed by atoms with Gasteiger partial charge >= 0.3 is 0 Å². The number of aryl methyl sites for hydroxylation is 3. The molecule has 2 N–H and O–H groups in total. The largest absolute Gasteiger partial charge is 0.503 e. The van der Waals surface area contributed by atoms with Crippen LogP contribution < -0.4 is 9.30 Å². The molecule has 3 aromatic rings. The molecule has 0 bridgehead atoms. The van der Waals surface area contributed by atoms with Crippen LogP contribution in [0.1, 0.15) is 38.4 Å². The number of imidazole rings is 1. The van der Waals surface area contributed by atoms with E-state index in [2.05, 4.69) is 9.97 Å². The third-order valence-electron chi connectivity index (χ3n) is 5.51. The van der Waals surface area contributed by atoms with E-state index in [1.54, 1.807) is 25.0 Å². The highest BCUT2D eigenvalue weighted by atomic mass is 32.1. The van der Waals surface area contributed by atoms with Crippen molar-refractivity contribution in [2.75, 3.05) is 13.7 Å². The van der Waals surface area contributed by atoms with Gasteiger partial charge in [-0.3, -0.25) is 14.6 Å². The lowest BCUT2D eigenvalue weighted by atomic mass is 9.94. The molecule has 0 aliphatic carbocycles. The molecule has 0 saturated carbocycles. The number of Topliss-reactive ketones (excluding diaryl/α,β-unsaturated/α-hetero) is 1. The first-order valence-corrected chi connectivity index (χ1v) is 11.1. The number of aliphatic hydroxyl groups is 1. The van der Waals surface area contributed by atoms with Crippen LogP contribution >= 0.6 is 11.3 Å². The average molecular weight is 454 g/mol. The van der Waals surface area contributed by atoms with E-state index < -0.39 is 17.7 Å². The monoisotopic (exact) mass is 453 g/mol. The van der Waals surface area contributed by atoms with Gasteiger partial charge in [-0.15, -0.1) is 11.3 Å². The molecule has 1 unspecified atom stereocenters. The van der Waals surface area contributed by atoms with Gasteiger partial charge in [0.1, 0.15) is 18.1 Å². The van der Waals surface area contributed by atoms with Crippen LogP contribution in [0.25, 0.3) is 0 Å². The van der Waals surface area contributed by atoms with Crippen LogP contribution in [0.2, 0.25) is 0 Å². The fourth-order valence-electron chi connectivity index (χ4n) is 4.08. The summed E-state index contributed by atoms with van der Waals surface area (Å²) in [7, 11) is 1.55. The number of nitrogens with one attached hydrogen (secondary N) is 1. The Morgan fingerprint density at radius 2 is 2.12 bits per heavy atom. The maximum Gasteiger partial charge on any atom is 0.290 e. The van der Waals surface area contributed by atoms with Gasteiger partial charge in [0.2, 0.25) is 12.1 Å². The number of hydrogen-bond donors (Lipinski definition) is 2. The molecule has 0 radical (unpaired) electrons. The Bertz CT molecular complexity index is 1180. The van der Waals surface area contributed by atoms with Crippen LogP contribution in [-0.2, 0) is 11.3 Å². The summed E-state index contributed by atoms with van der Waals surface area (Å²) < 4.78 is 7.50. The highest BCUT2D eigenvalue weighted by Crippen LogP contribution is 2.43. The van der Waals surface area contributed by atoms with Crippen molar-refractivity contribution in [1.29, 1.82) is 0 Å². The van der Waals surface area contributed by atoms with Crippen LogP contribution in [0, 0.1) is 13.8 Å². The Balaban J connectivity index is 1.73. The zero-order valence-corrected chi connectivity index (χ0v) is 19.0. The quantitative estimate of drug-likeness (QED) is 0.403. The number of amides is 1. The van der Waals surface area contributed by atoms with Crippen LogP contribution in [0.4, 0.5) is 0 Å². The van der Waals surface area contributed by atoms with Gasteiger partial charge in [0, 0.05) is 18.5 Å². The highest BCUT2D eigenvalue weighted by Gasteiger charge is 2.45. The first kappa shape index (κ1) is 21.8. The molecular weight excluding hydrogens is 428 g/mol. The van der Waals surface area contributed by atoms with Crippen molar-refractivity contribution in [3.05, 3.63) is 75.5 Å². The fraction of sp³-hybridized carbons (Fsp3) is 0.304. The van der Waals surface area contributed by atoms with E-state index in [0.29, 0.717) is 41.4 Å². The second kappa shape index (κ2) is 8.96. The van der Waals surface area contributed by atoms with Crippen molar-refractivity contribution >= 4 is 23.0 Å². The summed E-state index contributed by atoms with van der Waals surface area (Å²) in [6, 6.07) is 6.52. The normalized spacial score (nSPS) is 16.2. The van der Waals surface area contributed by atoms with Gasteiger partial charge in [-0.2, -0.15) is 0 Å². The third-order valence-corrected chi connectivity index (χ3v) is 6.58. The van der Waals surface area contributed by atoms with Gasteiger partial charge in [-0.25, -0.2) is 9.55 Å². The summed E-state index contributed by atoms with van der Waals surface area (Å²) in [5.74, 6) is -0.891. The van der Waals surface area contributed by atoms with Crippen LogP contribution in [0.5, 0.6) is 5.75 Å². The second-order valence-electron chi connectivity index (χ2n) is 7.58. The molecule has 0 saturated heterocycles. The standard InChI is InChI=1S/C23H24N4O4S/c1-14-22(32-15(2)25-14)20(28)18-19(16-7-4-5-8-17(16)31-3)27(23(30)21(18)29)11-6-10-26-12-9-24-13-26/h4-5,7-9,12-13,19H,6,10-11H2,1-3H3,(H,28,29)/p+1. The molecule has 4 rings (SSSR count). The minimum atomic E-state index is -0.746. The van der Waals surface area contributed by atoms with Gasteiger partial charge < -0.3 is 14.7 Å². The predicted octanol–water partition coefficient (Wildman–Crippen LogP) is 3.05. The number of carbonyl (C=O) groups excluding carboxylic acids is 2. The number of carbonyl (C=O) groups is 2. The molecule has 1 aliphatic rings. The third kappa shape index (κ3) is 3.91. The highest BCUT2D eigenvalue weighted by molar-refractivity contribution is 7.14. The van der Waals surface area contributed by atoms with Gasteiger partial charge in [0.05, 0.1) is 40.8 Å². The van der Waals surface area contributed by atoms with Crippen molar-refractivity contribution in [3.8, 4) is 5.75 Å². The minimum absolute atomic E-state index is 0.0700. The summed E-state index contributed by atoms with van der Waals surface area (Å²) >= 11 is 1.26. The van der Waals surface area contributed by atoms with E-state index in [4.69, 9.17) is 4.74 Å². The van der Waals surface area contributed by atoms with Gasteiger partial charge in [0.15, 0.2) is 5.76 Å². The SMILES string of the molecule is COc1ccccc1C1C(C(=O)c2sc(C)nc2C)=C(O)C(=O)N1CCC[n+]1cc[nH]c1. The Hall–Kier alpha value is -3.46. The number of para-hydroxylation sites is 1. The number of methoxy groups -OCH3 is 1. The van der Waals surface area contributed by atoms with E-state index in [1.165, 1.54) is 11.3 Å². The van der Waals surface area contributed by atoms with Crippen molar-refractivity contribution < 1.29 is 24.0 Å². The molecule has 32 heavy (non-hydrogen) atoms. The zero-order valence-electron chi connectivity index (χ0n) is 18.2. The smallest absolute Gasteiger partial charge is 0.290 e. The van der Waals surface area contributed by atoms with Gasteiger partial charge in [-0.05, 0) is 19.9 Å². The first-order chi connectivity index (χ1) is 15.4. The van der Waals surface area contributed by atoms with Crippen LogP contribution in [-0.4, -0.2) is 45.3 Å². The molecule has 9 heteroatoms. The number of aliphatic hydroxyl groups excluding tert-OH is 1. The van der Waals surface area contributed by atoms with Crippen molar-refractivity contribution in [2.45, 2.75) is 32.9 Å². The molecule has 0 fully saturated rings. The summed E-state index contributed by atoms with van der Waals surface area (Å²) in [6.45, 7) is 4.63. The molecule has 0 spiro atoms. The number of aromatic nitrogens is 3. The number of benzene rings is 1. The summed E-state index contributed by atoms with van der Waals surface area (Å²) in [4.78, 5) is 36.0. The number of nitrogens with zero attached hydrogens (tertiary/aromatic N) is 3. The lowest BCUT2D eigenvalue weighted by molar-refractivity contribution is -0.695. The van der Waals surface area contributed by atoms with Crippen LogP contribution in [0.3, 0.4) is 0 Å². The number of ether oxygens (including phenoxy) is 1. The van der Waals surface area contributed by atoms with E-state index in [1.807, 2.05) is 48.4 Å². The lowest BCUT2D eigenvalue weighted by Crippen LogP contribution is -2.36. The molecule has 166 valence electrons. The van der Waals surface area contributed by atoms with Gasteiger partial charge in [-0.1, -0.05) is 18.2 Å². The second-order valence-corrected chi connectivity index (χ2v) is 8.79. The summed E-state index contributed by atoms with van der Waals surface area (Å²) in [5, 5.41) is 11.6. The Labute approximate surface area is 189 Å². The van der Waals surface area contributed by atoms with E-state index in [-0.39, 0.29) is 11.4 Å². The van der Waals surface area contributed by atoms with E-state index in [9.17, 15) is 14.7 Å². The summed E-state index contributed by atoms with van der Waals surface area (Å²) in [5.41, 5.74) is 1.32. The van der Waals surface area contributed by atoms with Crippen molar-refractivity contribution in [1.82, 2.24) is 14.9 Å². The topological polar surface area (TPSA) is 99.4 Å². The molecular formula is C23H25N4O4S+. The van der Waals surface area contributed by atoms with Crippen molar-refractivity contribution in [3.63, 3.8) is 0 Å². The Morgan fingerprint density at radius 1 is 1.34 bits per heavy atom. The zero-order chi connectivity index (χ0) is 22.8. The van der Waals surface area contributed by atoms with E-state index in [0.717, 1.165) is 5.01 Å². The summed E-state index contributed by atoms with van der Waals surface area (Å²) in [6.07, 6.45) is 6.21. The molecule has 3 heterocycles. The Morgan fingerprint density at radius 3 is 2.78 bits per heavy atom. The molecule has 2 aromatic heterocycles. The Kier molecular flexibility index (Phi) is 6.09. The number of ketones is 1. The lowest BCUT2D eigenvalue weighted by Gasteiger charge is -2.27. The maximum atomic E-state index is 13.6.